The van der Waals surface area contributed by atoms with Gasteiger partial charge in [0, 0.05) is 24.1 Å². The summed E-state index contributed by atoms with van der Waals surface area (Å²) < 4.78 is 12.3. The van der Waals surface area contributed by atoms with Gasteiger partial charge in [-0.15, -0.1) is 0 Å². The highest BCUT2D eigenvalue weighted by molar-refractivity contribution is 9.10. The van der Waals surface area contributed by atoms with Crippen LogP contribution in [0, 0.1) is 5.92 Å². The van der Waals surface area contributed by atoms with Crippen molar-refractivity contribution in [3.8, 4) is 0 Å². The van der Waals surface area contributed by atoms with Crippen molar-refractivity contribution < 1.29 is 19.4 Å². The molecule has 5 heteroatoms. The van der Waals surface area contributed by atoms with E-state index in [1.165, 1.54) is 0 Å². The Bertz CT molecular complexity index is 508. The van der Waals surface area contributed by atoms with Gasteiger partial charge in [0.05, 0.1) is 18.1 Å². The smallest absolute Gasteiger partial charge is 0.311 e. The van der Waals surface area contributed by atoms with E-state index in [0.29, 0.717) is 19.8 Å². The Morgan fingerprint density at radius 3 is 2.71 bits per heavy atom. The number of benzene rings is 1. The molecular formula is C16H19BrO4. The monoisotopic (exact) mass is 354 g/mol. The lowest BCUT2D eigenvalue weighted by Crippen LogP contribution is -2.43. The number of carbonyl (C=O) groups is 1. The van der Waals surface area contributed by atoms with Crippen molar-refractivity contribution in [2.24, 2.45) is 5.92 Å². The molecule has 0 aromatic heterocycles. The molecule has 21 heavy (non-hydrogen) atoms. The number of rotatable bonds is 3. The van der Waals surface area contributed by atoms with Crippen LogP contribution in [0.25, 0.3) is 0 Å². The summed E-state index contributed by atoms with van der Waals surface area (Å²) in [5.41, 5.74) is 0.609. The topological polar surface area (TPSA) is 55.8 Å². The molecule has 1 aromatic rings. The van der Waals surface area contributed by atoms with Crippen LogP contribution in [-0.4, -0.2) is 36.5 Å². The predicted octanol–water partition coefficient (Wildman–Crippen LogP) is 3.20. The molecule has 0 aliphatic carbocycles. The maximum Gasteiger partial charge on any atom is 0.311 e. The molecule has 1 N–H and O–H groups in total. The first-order chi connectivity index (χ1) is 10.1. The summed E-state index contributed by atoms with van der Waals surface area (Å²) in [5.74, 6) is -1.13. The largest absolute Gasteiger partial charge is 0.481 e. The number of halogens is 1. The van der Waals surface area contributed by atoms with Crippen LogP contribution in [0.5, 0.6) is 0 Å². The van der Waals surface area contributed by atoms with Gasteiger partial charge in [0.2, 0.25) is 0 Å². The average molecular weight is 355 g/mol. The highest BCUT2D eigenvalue weighted by atomic mass is 79.9. The van der Waals surface area contributed by atoms with E-state index in [0.717, 1.165) is 29.3 Å². The second-order valence-corrected chi connectivity index (χ2v) is 6.87. The summed E-state index contributed by atoms with van der Waals surface area (Å²) in [6.07, 6.45) is 2.42. The molecular weight excluding hydrogens is 336 g/mol. The van der Waals surface area contributed by atoms with Gasteiger partial charge in [0.15, 0.2) is 0 Å². The summed E-state index contributed by atoms with van der Waals surface area (Å²) in [7, 11) is 0. The summed E-state index contributed by atoms with van der Waals surface area (Å²) in [6.45, 7) is 1.92. The van der Waals surface area contributed by atoms with Crippen molar-refractivity contribution in [2.45, 2.75) is 30.8 Å². The SMILES string of the molecule is O=C(O)C(c1ccc(Br)cc1)C1CCOC2(CCOC2)C1. The lowest BCUT2D eigenvalue weighted by molar-refractivity contribution is -0.145. The number of carboxylic acid groups (broad SMARTS) is 1. The fourth-order valence-electron chi connectivity index (χ4n) is 3.50. The zero-order chi connectivity index (χ0) is 14.9. The van der Waals surface area contributed by atoms with E-state index in [9.17, 15) is 9.90 Å². The minimum atomic E-state index is -0.752. The molecule has 0 amide bonds. The Morgan fingerprint density at radius 2 is 2.10 bits per heavy atom. The lowest BCUT2D eigenvalue weighted by atomic mass is 9.75. The Hall–Kier alpha value is -0.910. The van der Waals surface area contributed by atoms with Gasteiger partial charge in [-0.1, -0.05) is 28.1 Å². The molecule has 4 nitrogen and oxygen atoms in total. The molecule has 2 fully saturated rings. The minimum absolute atomic E-state index is 0.0964. The molecule has 114 valence electrons. The second kappa shape index (κ2) is 6.07. The molecule has 0 bridgehead atoms. The zero-order valence-electron chi connectivity index (χ0n) is 11.8. The maximum atomic E-state index is 11.8. The molecule has 3 rings (SSSR count). The highest BCUT2D eigenvalue weighted by Crippen LogP contribution is 2.42. The molecule has 3 atom stereocenters. The summed E-state index contributed by atoms with van der Waals surface area (Å²) in [6, 6.07) is 7.60. The number of ether oxygens (including phenoxy) is 2. The first-order valence-corrected chi connectivity index (χ1v) is 8.09. The van der Waals surface area contributed by atoms with Crippen molar-refractivity contribution in [1.29, 1.82) is 0 Å². The normalized spacial score (nSPS) is 30.4. The van der Waals surface area contributed by atoms with Crippen molar-refractivity contribution in [3.05, 3.63) is 34.3 Å². The van der Waals surface area contributed by atoms with E-state index < -0.39 is 11.9 Å². The lowest BCUT2D eigenvalue weighted by Gasteiger charge is -2.39. The Balaban J connectivity index is 1.83. The van der Waals surface area contributed by atoms with Gasteiger partial charge in [0.1, 0.15) is 0 Å². The molecule has 3 unspecified atom stereocenters. The average Bonchev–Trinajstić information content (AvgIpc) is 2.89. The van der Waals surface area contributed by atoms with Crippen LogP contribution >= 0.6 is 15.9 Å². The van der Waals surface area contributed by atoms with Crippen LogP contribution in [0.15, 0.2) is 28.7 Å². The molecule has 0 radical (unpaired) electrons. The first kappa shape index (κ1) is 15.0. The van der Waals surface area contributed by atoms with Gasteiger partial charge in [0.25, 0.3) is 0 Å². The fourth-order valence-corrected chi connectivity index (χ4v) is 3.76. The van der Waals surface area contributed by atoms with E-state index in [-0.39, 0.29) is 11.5 Å². The standard InChI is InChI=1S/C16H19BrO4/c17-13-3-1-11(2-4-13)14(15(18)19)12-5-7-21-16(9-12)6-8-20-10-16/h1-4,12,14H,5-10H2,(H,18,19). The van der Waals surface area contributed by atoms with Crippen LogP contribution in [0.4, 0.5) is 0 Å². The first-order valence-electron chi connectivity index (χ1n) is 7.30. The second-order valence-electron chi connectivity index (χ2n) is 5.95. The van der Waals surface area contributed by atoms with Gasteiger partial charge in [-0.25, -0.2) is 0 Å². The third kappa shape index (κ3) is 3.15. The minimum Gasteiger partial charge on any atom is -0.481 e. The van der Waals surface area contributed by atoms with Gasteiger partial charge in [-0.2, -0.15) is 0 Å². The molecule has 2 heterocycles. The van der Waals surface area contributed by atoms with E-state index in [4.69, 9.17) is 9.47 Å². The molecule has 2 aliphatic rings. The number of carboxylic acids is 1. The van der Waals surface area contributed by atoms with Gasteiger partial charge >= 0.3 is 5.97 Å². The van der Waals surface area contributed by atoms with Gasteiger partial charge in [-0.05, 0) is 36.5 Å². The van der Waals surface area contributed by atoms with Gasteiger partial charge in [-0.3, -0.25) is 4.79 Å². The molecule has 2 saturated heterocycles. The zero-order valence-corrected chi connectivity index (χ0v) is 13.3. The van der Waals surface area contributed by atoms with E-state index in [1.54, 1.807) is 0 Å². The summed E-state index contributed by atoms with van der Waals surface area (Å²) in [5, 5.41) is 9.70. The van der Waals surface area contributed by atoms with Crippen LogP contribution in [0.1, 0.15) is 30.7 Å². The summed E-state index contributed by atoms with van der Waals surface area (Å²) in [4.78, 5) is 11.8. The van der Waals surface area contributed by atoms with Crippen LogP contribution in [-0.2, 0) is 14.3 Å². The number of hydrogen-bond acceptors (Lipinski definition) is 3. The van der Waals surface area contributed by atoms with Crippen LogP contribution < -0.4 is 0 Å². The molecule has 0 saturated carbocycles. The third-order valence-electron chi connectivity index (χ3n) is 4.56. The third-order valence-corrected chi connectivity index (χ3v) is 5.09. The molecule has 1 spiro atoms. The van der Waals surface area contributed by atoms with E-state index in [2.05, 4.69) is 15.9 Å². The Kier molecular flexibility index (Phi) is 4.33. The van der Waals surface area contributed by atoms with Gasteiger partial charge < -0.3 is 14.6 Å². The van der Waals surface area contributed by atoms with Crippen molar-refractivity contribution in [3.63, 3.8) is 0 Å². The van der Waals surface area contributed by atoms with Crippen molar-refractivity contribution >= 4 is 21.9 Å². The van der Waals surface area contributed by atoms with E-state index in [1.807, 2.05) is 24.3 Å². The van der Waals surface area contributed by atoms with Crippen LogP contribution in [0.3, 0.4) is 0 Å². The highest BCUT2D eigenvalue weighted by Gasteiger charge is 2.44. The van der Waals surface area contributed by atoms with E-state index >= 15 is 0 Å². The number of aliphatic carboxylic acids is 1. The Labute approximate surface area is 132 Å². The summed E-state index contributed by atoms with van der Waals surface area (Å²) >= 11 is 3.39. The Morgan fingerprint density at radius 1 is 1.33 bits per heavy atom. The van der Waals surface area contributed by atoms with Crippen LogP contribution in [0.2, 0.25) is 0 Å². The van der Waals surface area contributed by atoms with Crippen molar-refractivity contribution in [1.82, 2.24) is 0 Å². The fraction of sp³-hybridized carbons (Fsp3) is 0.562. The van der Waals surface area contributed by atoms with Crippen molar-refractivity contribution in [2.75, 3.05) is 19.8 Å². The molecule has 1 aromatic carbocycles. The molecule has 2 aliphatic heterocycles. The quantitative estimate of drug-likeness (QED) is 0.905. The predicted molar refractivity (Wildman–Crippen MR) is 81.4 cm³/mol. The maximum absolute atomic E-state index is 11.8. The number of hydrogen-bond donors (Lipinski definition) is 1.